The van der Waals surface area contributed by atoms with Crippen LogP contribution in [0.3, 0.4) is 0 Å². The first-order valence-electron chi connectivity index (χ1n) is 6.94. The molecular formula is C17H18BrClO2. The molecule has 0 radical (unpaired) electrons. The molecule has 0 N–H and O–H groups in total. The Kier molecular flexibility index (Phi) is 5.95. The number of rotatable bonds is 6. The van der Waals surface area contributed by atoms with Gasteiger partial charge in [-0.1, -0.05) is 45.7 Å². The van der Waals surface area contributed by atoms with E-state index in [4.69, 9.17) is 21.1 Å². The molecule has 2 nitrogen and oxygen atoms in total. The molecule has 0 heterocycles. The topological polar surface area (TPSA) is 18.5 Å². The van der Waals surface area contributed by atoms with Crippen LogP contribution in [-0.2, 0) is 0 Å². The highest BCUT2D eigenvalue weighted by Crippen LogP contribution is 2.37. The highest BCUT2D eigenvalue weighted by molar-refractivity contribution is 9.09. The maximum absolute atomic E-state index is 5.93. The molecule has 21 heavy (non-hydrogen) atoms. The summed E-state index contributed by atoms with van der Waals surface area (Å²) in [4.78, 5) is 0.0876. The summed E-state index contributed by atoms with van der Waals surface area (Å²) in [5.41, 5.74) is 2.26. The average Bonchev–Trinajstić information content (AvgIpc) is 2.49. The van der Waals surface area contributed by atoms with Gasteiger partial charge in [-0.3, -0.25) is 0 Å². The molecule has 0 aliphatic rings. The highest BCUT2D eigenvalue weighted by atomic mass is 79.9. The van der Waals surface area contributed by atoms with Gasteiger partial charge in [0.25, 0.3) is 0 Å². The van der Waals surface area contributed by atoms with E-state index in [9.17, 15) is 0 Å². The molecule has 0 aliphatic carbocycles. The monoisotopic (exact) mass is 368 g/mol. The molecule has 2 aromatic carbocycles. The Morgan fingerprint density at radius 3 is 2.10 bits per heavy atom. The second-order valence-corrected chi connectivity index (χ2v) is 5.84. The number of benzene rings is 2. The van der Waals surface area contributed by atoms with E-state index >= 15 is 0 Å². The Morgan fingerprint density at radius 1 is 0.905 bits per heavy atom. The lowest BCUT2D eigenvalue weighted by Gasteiger charge is -2.15. The Hall–Kier alpha value is -1.19. The van der Waals surface area contributed by atoms with Crippen molar-refractivity contribution in [3.05, 3.63) is 58.6 Å². The Balaban J connectivity index is 2.30. The zero-order chi connectivity index (χ0) is 15.2. The standard InChI is InChI=1S/C17H18BrClO2/c1-3-20-15-10-7-13(11-16(15)21-4-2)17(18)12-5-8-14(19)9-6-12/h5-11,17H,3-4H2,1-2H3. The molecule has 0 aromatic heterocycles. The molecule has 0 amide bonds. The molecule has 1 unspecified atom stereocenters. The number of hydrogen-bond acceptors (Lipinski definition) is 2. The SMILES string of the molecule is CCOc1ccc(C(Br)c2ccc(Cl)cc2)cc1OCC. The highest BCUT2D eigenvalue weighted by Gasteiger charge is 2.14. The van der Waals surface area contributed by atoms with Gasteiger partial charge in [-0.2, -0.15) is 0 Å². The molecule has 2 aromatic rings. The second kappa shape index (κ2) is 7.71. The van der Waals surface area contributed by atoms with Gasteiger partial charge < -0.3 is 9.47 Å². The largest absolute Gasteiger partial charge is 0.490 e. The van der Waals surface area contributed by atoms with Gasteiger partial charge in [-0.05, 0) is 49.2 Å². The minimum absolute atomic E-state index is 0.0876. The van der Waals surface area contributed by atoms with Crippen LogP contribution in [0.15, 0.2) is 42.5 Å². The summed E-state index contributed by atoms with van der Waals surface area (Å²) in [5, 5.41) is 0.736. The summed E-state index contributed by atoms with van der Waals surface area (Å²) in [6.45, 7) is 5.16. The summed E-state index contributed by atoms with van der Waals surface area (Å²) in [5.74, 6) is 1.55. The van der Waals surface area contributed by atoms with Crippen molar-refractivity contribution in [1.29, 1.82) is 0 Å². The number of halogens is 2. The van der Waals surface area contributed by atoms with E-state index in [2.05, 4.69) is 15.9 Å². The molecule has 0 saturated carbocycles. The molecule has 1 atom stereocenters. The van der Waals surface area contributed by atoms with Crippen molar-refractivity contribution in [2.24, 2.45) is 0 Å². The first kappa shape index (κ1) is 16.2. The molecule has 112 valence electrons. The lowest BCUT2D eigenvalue weighted by Crippen LogP contribution is -2.00. The molecule has 0 saturated heterocycles. The van der Waals surface area contributed by atoms with Crippen LogP contribution >= 0.6 is 27.5 Å². The molecule has 0 aliphatic heterocycles. The summed E-state index contributed by atoms with van der Waals surface area (Å²) in [6, 6.07) is 13.8. The van der Waals surface area contributed by atoms with E-state index < -0.39 is 0 Å². The Labute approximate surface area is 139 Å². The zero-order valence-corrected chi connectivity index (χ0v) is 14.4. The molecule has 0 fully saturated rings. The third-order valence-electron chi connectivity index (χ3n) is 3.02. The van der Waals surface area contributed by atoms with E-state index in [1.54, 1.807) is 0 Å². The van der Waals surface area contributed by atoms with Crippen molar-refractivity contribution in [2.45, 2.75) is 18.7 Å². The fourth-order valence-corrected chi connectivity index (χ4v) is 2.77. The van der Waals surface area contributed by atoms with E-state index in [-0.39, 0.29) is 4.83 Å². The fraction of sp³-hybridized carbons (Fsp3) is 0.294. The molecule has 4 heteroatoms. The van der Waals surface area contributed by atoms with Gasteiger partial charge >= 0.3 is 0 Å². The van der Waals surface area contributed by atoms with E-state index in [0.29, 0.717) is 13.2 Å². The maximum atomic E-state index is 5.93. The molecule has 0 bridgehead atoms. The fourth-order valence-electron chi connectivity index (χ4n) is 2.05. The van der Waals surface area contributed by atoms with E-state index in [1.807, 2.05) is 56.3 Å². The smallest absolute Gasteiger partial charge is 0.161 e. The van der Waals surface area contributed by atoms with Crippen molar-refractivity contribution in [2.75, 3.05) is 13.2 Å². The molecule has 2 rings (SSSR count). The van der Waals surface area contributed by atoms with Crippen LogP contribution in [0.25, 0.3) is 0 Å². The molecule has 0 spiro atoms. The van der Waals surface area contributed by atoms with Crippen LogP contribution in [-0.4, -0.2) is 13.2 Å². The van der Waals surface area contributed by atoms with Crippen molar-refractivity contribution in [3.8, 4) is 11.5 Å². The number of ether oxygens (including phenoxy) is 2. The van der Waals surface area contributed by atoms with Gasteiger partial charge in [0, 0.05) is 5.02 Å². The minimum atomic E-state index is 0.0876. The van der Waals surface area contributed by atoms with Crippen LogP contribution < -0.4 is 9.47 Å². The predicted molar refractivity (Wildman–Crippen MR) is 91.0 cm³/mol. The van der Waals surface area contributed by atoms with Crippen molar-refractivity contribution < 1.29 is 9.47 Å². The number of hydrogen-bond donors (Lipinski definition) is 0. The third-order valence-corrected chi connectivity index (χ3v) is 4.33. The second-order valence-electron chi connectivity index (χ2n) is 4.49. The minimum Gasteiger partial charge on any atom is -0.490 e. The first-order valence-corrected chi connectivity index (χ1v) is 8.24. The van der Waals surface area contributed by atoms with Gasteiger partial charge in [0.05, 0.1) is 18.0 Å². The van der Waals surface area contributed by atoms with Gasteiger partial charge in [0.2, 0.25) is 0 Å². The van der Waals surface area contributed by atoms with Crippen molar-refractivity contribution >= 4 is 27.5 Å². The maximum Gasteiger partial charge on any atom is 0.161 e. The lowest BCUT2D eigenvalue weighted by molar-refractivity contribution is 0.287. The average molecular weight is 370 g/mol. The summed E-state index contributed by atoms with van der Waals surface area (Å²) in [6.07, 6.45) is 0. The van der Waals surface area contributed by atoms with Gasteiger partial charge in [0.15, 0.2) is 11.5 Å². The first-order chi connectivity index (χ1) is 10.2. The predicted octanol–water partition coefficient (Wildman–Crippen LogP) is 5.62. The number of alkyl halides is 1. The summed E-state index contributed by atoms with van der Waals surface area (Å²) in [7, 11) is 0. The van der Waals surface area contributed by atoms with Crippen LogP contribution in [0.4, 0.5) is 0 Å². The van der Waals surface area contributed by atoms with E-state index in [1.165, 1.54) is 0 Å². The molecular weight excluding hydrogens is 352 g/mol. The third kappa shape index (κ3) is 4.14. The van der Waals surface area contributed by atoms with Crippen LogP contribution in [0.2, 0.25) is 5.02 Å². The van der Waals surface area contributed by atoms with Gasteiger partial charge in [-0.25, -0.2) is 0 Å². The van der Waals surface area contributed by atoms with Gasteiger partial charge in [0.1, 0.15) is 0 Å². The zero-order valence-electron chi connectivity index (χ0n) is 12.1. The summed E-state index contributed by atoms with van der Waals surface area (Å²) < 4.78 is 11.3. The van der Waals surface area contributed by atoms with Crippen molar-refractivity contribution in [1.82, 2.24) is 0 Å². The van der Waals surface area contributed by atoms with Gasteiger partial charge in [-0.15, -0.1) is 0 Å². The Bertz CT molecular complexity index is 584. The van der Waals surface area contributed by atoms with Crippen LogP contribution in [0.1, 0.15) is 29.8 Å². The van der Waals surface area contributed by atoms with Crippen LogP contribution in [0.5, 0.6) is 11.5 Å². The van der Waals surface area contributed by atoms with E-state index in [0.717, 1.165) is 27.6 Å². The normalized spacial score (nSPS) is 12.0. The Morgan fingerprint density at radius 2 is 1.48 bits per heavy atom. The lowest BCUT2D eigenvalue weighted by atomic mass is 10.0. The summed E-state index contributed by atoms with van der Waals surface area (Å²) >= 11 is 9.66. The van der Waals surface area contributed by atoms with Crippen LogP contribution in [0, 0.1) is 0 Å². The van der Waals surface area contributed by atoms with Crippen molar-refractivity contribution in [3.63, 3.8) is 0 Å². The quantitative estimate of drug-likeness (QED) is 0.615.